The van der Waals surface area contributed by atoms with E-state index in [1.807, 2.05) is 36.4 Å². The van der Waals surface area contributed by atoms with Gasteiger partial charge in [-0.25, -0.2) is 0 Å². The fourth-order valence-electron chi connectivity index (χ4n) is 6.45. The maximum Gasteiger partial charge on any atom is 0.136 e. The fourth-order valence-corrected chi connectivity index (χ4v) is 6.45. The molecule has 214 valence electrons. The van der Waals surface area contributed by atoms with E-state index in [0.717, 1.165) is 16.5 Å². The Morgan fingerprint density at radius 2 is 1.13 bits per heavy atom. The van der Waals surface area contributed by atoms with Crippen LogP contribution in [0.15, 0.2) is 166 Å². The molecule has 8 aromatic carbocycles. The van der Waals surface area contributed by atoms with Crippen LogP contribution in [-0.2, 0) is 0 Å². The van der Waals surface area contributed by atoms with Crippen LogP contribution in [0.1, 0.15) is 20.6 Å². The molecule has 0 amide bonds. The summed E-state index contributed by atoms with van der Waals surface area (Å²) in [5.41, 5.74) is 2.37. The molecule has 0 fully saturated rings. The second kappa shape index (κ2) is 9.69. The zero-order valence-electron chi connectivity index (χ0n) is 38.7. The largest absolute Gasteiger partial charge is 0.464 e. The minimum atomic E-state index is -0.752. The van der Waals surface area contributed by atoms with Crippen molar-refractivity contribution in [3.05, 3.63) is 158 Å². The van der Waals surface area contributed by atoms with Crippen LogP contribution in [0.5, 0.6) is 0 Å². The Morgan fingerprint density at radius 3 is 1.89 bits per heavy atom. The molecular formula is C44H26O2. The first-order valence-electron chi connectivity index (χ1n) is 21.9. The summed E-state index contributed by atoms with van der Waals surface area (Å²) in [6.07, 6.45) is 1.63. The van der Waals surface area contributed by atoms with Crippen LogP contribution in [0.2, 0.25) is 0 Å². The molecule has 0 aliphatic rings. The van der Waals surface area contributed by atoms with E-state index in [-0.39, 0.29) is 38.2 Å². The van der Waals surface area contributed by atoms with Gasteiger partial charge in [0.25, 0.3) is 0 Å². The van der Waals surface area contributed by atoms with Crippen LogP contribution < -0.4 is 0 Å². The molecule has 0 saturated carbocycles. The summed E-state index contributed by atoms with van der Waals surface area (Å²) in [7, 11) is 0. The van der Waals surface area contributed by atoms with Crippen molar-refractivity contribution in [3.63, 3.8) is 0 Å². The maximum atomic E-state index is 9.47. The highest BCUT2D eigenvalue weighted by atomic mass is 16.3. The Morgan fingerprint density at radius 1 is 0.457 bits per heavy atom. The third-order valence-electron chi connectivity index (χ3n) is 8.42. The lowest BCUT2D eigenvalue weighted by atomic mass is 9.84. The van der Waals surface area contributed by atoms with Crippen LogP contribution >= 0.6 is 0 Å². The van der Waals surface area contributed by atoms with E-state index in [9.17, 15) is 8.22 Å². The van der Waals surface area contributed by atoms with Crippen molar-refractivity contribution in [1.29, 1.82) is 0 Å². The van der Waals surface area contributed by atoms with E-state index >= 15 is 0 Å². The molecule has 0 aliphatic heterocycles. The zero-order chi connectivity index (χ0) is 43.2. The summed E-state index contributed by atoms with van der Waals surface area (Å²) >= 11 is 0. The third kappa shape index (κ3) is 3.65. The number of rotatable bonds is 3. The molecule has 0 spiro atoms. The van der Waals surface area contributed by atoms with Crippen LogP contribution in [0.3, 0.4) is 0 Å². The lowest BCUT2D eigenvalue weighted by Crippen LogP contribution is -1.91. The highest BCUT2D eigenvalue weighted by molar-refractivity contribution is 6.26. The van der Waals surface area contributed by atoms with E-state index in [2.05, 4.69) is 0 Å². The summed E-state index contributed by atoms with van der Waals surface area (Å²) in [5.74, 6) is 0. The van der Waals surface area contributed by atoms with Gasteiger partial charge >= 0.3 is 0 Å². The normalized spacial score (nSPS) is 16.5. The second-order valence-corrected chi connectivity index (χ2v) is 10.9. The van der Waals surface area contributed by atoms with E-state index < -0.39 is 107 Å². The Hall–Kier alpha value is -6.12. The van der Waals surface area contributed by atoms with Gasteiger partial charge in [0, 0.05) is 21.7 Å². The molecule has 10 rings (SSSR count). The van der Waals surface area contributed by atoms with Crippen molar-refractivity contribution >= 4 is 65.2 Å². The summed E-state index contributed by atoms with van der Waals surface area (Å²) in [4.78, 5) is 0. The van der Waals surface area contributed by atoms with E-state index in [1.54, 1.807) is 30.5 Å². The average Bonchev–Trinajstić information content (AvgIpc) is 3.85. The van der Waals surface area contributed by atoms with Gasteiger partial charge in [0.1, 0.15) is 16.7 Å². The Kier molecular flexibility index (Phi) is 3.11. The first kappa shape index (κ1) is 14.8. The molecule has 0 saturated heterocycles. The van der Waals surface area contributed by atoms with Gasteiger partial charge < -0.3 is 8.83 Å². The Balaban J connectivity index is 1.45. The van der Waals surface area contributed by atoms with Gasteiger partial charge in [0.05, 0.1) is 26.8 Å². The minimum absolute atomic E-state index is 0.0163. The summed E-state index contributed by atoms with van der Waals surface area (Å²) in [6.45, 7) is 0. The van der Waals surface area contributed by atoms with Gasteiger partial charge in [-0.3, -0.25) is 0 Å². The topological polar surface area (TPSA) is 26.3 Å². The van der Waals surface area contributed by atoms with Gasteiger partial charge in [0.2, 0.25) is 0 Å². The molecule has 0 unspecified atom stereocenters. The van der Waals surface area contributed by atoms with Crippen molar-refractivity contribution in [2.75, 3.05) is 0 Å². The van der Waals surface area contributed by atoms with Gasteiger partial charge in [0.15, 0.2) is 0 Å². The van der Waals surface area contributed by atoms with E-state index in [0.29, 0.717) is 27.5 Å². The van der Waals surface area contributed by atoms with Crippen LogP contribution in [0.25, 0.3) is 98.6 Å². The fraction of sp³-hybridized carbons (Fsp3) is 0. The highest BCUT2D eigenvalue weighted by Crippen LogP contribution is 2.48. The third-order valence-corrected chi connectivity index (χ3v) is 8.42. The molecule has 2 nitrogen and oxygen atoms in total. The van der Waals surface area contributed by atoms with Crippen molar-refractivity contribution in [1.82, 2.24) is 0 Å². The van der Waals surface area contributed by atoms with Gasteiger partial charge in [-0.05, 0) is 84.4 Å². The van der Waals surface area contributed by atoms with Gasteiger partial charge in [-0.15, -0.1) is 0 Å². The lowest BCUT2D eigenvalue weighted by molar-refractivity contribution is 0.617. The van der Waals surface area contributed by atoms with Crippen LogP contribution in [0.4, 0.5) is 0 Å². The Labute approximate surface area is 285 Å². The number of benzene rings is 8. The van der Waals surface area contributed by atoms with Gasteiger partial charge in [-0.1, -0.05) is 127 Å². The molecule has 10 aromatic rings. The Bertz CT molecular complexity index is 3570. The molecule has 46 heavy (non-hydrogen) atoms. The van der Waals surface area contributed by atoms with Gasteiger partial charge in [-0.2, -0.15) is 0 Å². The van der Waals surface area contributed by atoms with E-state index in [4.69, 9.17) is 21.2 Å². The molecule has 2 heterocycles. The second-order valence-electron chi connectivity index (χ2n) is 10.9. The lowest BCUT2D eigenvalue weighted by Gasteiger charge is -2.18. The maximum absolute atomic E-state index is 9.47. The standard InChI is InChI=1S/C44H26O2/c1-2-12-28(13-3-1)38-26-45-40-25-37-41(24-36(38)40)46-39-20-10-19-35(44(37)39)43-33-17-8-6-15-31(33)42(32-16-7-9-18-34(32)43)30-22-21-27-11-4-5-14-29(27)23-30/h1-26H/i4D,5D,6D,7D,8D,9D,11D,14D,15D,16D,17D,18D,21D,22D,23D. The molecule has 0 radical (unpaired) electrons. The first-order valence-corrected chi connectivity index (χ1v) is 14.4. The molecule has 2 aromatic heterocycles. The molecule has 0 aliphatic carbocycles. The smallest absolute Gasteiger partial charge is 0.136 e. The summed E-state index contributed by atoms with van der Waals surface area (Å²) < 4.78 is 147. The van der Waals surface area contributed by atoms with Crippen LogP contribution in [-0.4, -0.2) is 0 Å². The summed E-state index contributed by atoms with van der Waals surface area (Å²) in [5, 5.41) is -0.223. The van der Waals surface area contributed by atoms with Crippen molar-refractivity contribution in [2.24, 2.45) is 0 Å². The number of hydrogen-bond acceptors (Lipinski definition) is 2. The van der Waals surface area contributed by atoms with E-state index in [1.165, 1.54) is 0 Å². The van der Waals surface area contributed by atoms with Crippen molar-refractivity contribution in [3.8, 4) is 33.4 Å². The molecule has 2 heteroatoms. The first-order chi connectivity index (χ1) is 29.1. The quantitative estimate of drug-likeness (QED) is 0.188. The SMILES string of the molecule is [2H]c1c([2H])c([2H])c2c([2H])c(-c3c4c([2H])c([2H])c([2H])c([2H])c4c(-c4cccc5oc6cc7c(-c8ccccc8)coc7cc6c45)c4c([2H])c([2H])c([2H])c([2H])c34)c([2H])c([2H])c2c1[2H]. The predicted molar refractivity (Wildman–Crippen MR) is 192 cm³/mol. The monoisotopic (exact) mass is 601 g/mol. The predicted octanol–water partition coefficient (Wildman–Crippen LogP) is 12.8. The molecule has 0 atom stereocenters. The molecule has 0 bridgehead atoms. The highest BCUT2D eigenvalue weighted by Gasteiger charge is 2.21. The van der Waals surface area contributed by atoms with Crippen molar-refractivity contribution < 1.29 is 29.4 Å². The zero-order valence-corrected chi connectivity index (χ0v) is 23.7. The number of hydrogen-bond donors (Lipinski definition) is 0. The summed E-state index contributed by atoms with van der Waals surface area (Å²) in [6, 6.07) is 7.98. The van der Waals surface area contributed by atoms with Crippen LogP contribution in [0, 0.1) is 0 Å². The molecular weight excluding hydrogens is 560 g/mol. The number of furan rings is 2. The minimum Gasteiger partial charge on any atom is -0.464 e. The number of fused-ring (bicyclic) bond motifs is 7. The van der Waals surface area contributed by atoms with Crippen molar-refractivity contribution in [2.45, 2.75) is 0 Å². The molecule has 0 N–H and O–H groups in total. The average molecular weight is 602 g/mol.